The molecular formula is C13H10N4O. The van der Waals surface area contributed by atoms with Gasteiger partial charge in [-0.25, -0.2) is 4.98 Å². The van der Waals surface area contributed by atoms with E-state index in [1.807, 2.05) is 30.3 Å². The zero-order chi connectivity index (χ0) is 12.5. The summed E-state index contributed by atoms with van der Waals surface area (Å²) in [6.07, 6.45) is 1.61. The van der Waals surface area contributed by atoms with Crippen molar-refractivity contribution in [3.05, 3.63) is 59.0 Å². The van der Waals surface area contributed by atoms with Gasteiger partial charge in [-0.3, -0.25) is 9.36 Å². The minimum Gasteiger partial charge on any atom is -0.368 e. The number of anilines is 1. The van der Waals surface area contributed by atoms with Gasteiger partial charge in [-0.1, -0.05) is 18.2 Å². The second kappa shape index (κ2) is 3.96. The molecule has 0 spiro atoms. The van der Waals surface area contributed by atoms with Gasteiger partial charge in [0.25, 0.3) is 5.56 Å². The van der Waals surface area contributed by atoms with Gasteiger partial charge in [-0.2, -0.15) is 4.98 Å². The molecule has 88 valence electrons. The molecule has 2 N–H and O–H groups in total. The molecule has 0 aliphatic rings. The maximum absolute atomic E-state index is 12.0. The van der Waals surface area contributed by atoms with Gasteiger partial charge in [0.1, 0.15) is 0 Å². The highest BCUT2D eigenvalue weighted by Crippen LogP contribution is 2.13. The van der Waals surface area contributed by atoms with Crippen LogP contribution in [0.25, 0.3) is 16.7 Å². The van der Waals surface area contributed by atoms with Crippen molar-refractivity contribution in [1.29, 1.82) is 0 Å². The van der Waals surface area contributed by atoms with Crippen molar-refractivity contribution < 1.29 is 0 Å². The largest absolute Gasteiger partial charge is 0.368 e. The minimum atomic E-state index is -0.146. The van der Waals surface area contributed by atoms with Crippen LogP contribution in [0.2, 0.25) is 0 Å². The molecule has 3 rings (SSSR count). The molecule has 3 aromatic rings. The molecule has 0 atom stereocenters. The second-order valence-electron chi connectivity index (χ2n) is 3.85. The zero-order valence-electron chi connectivity index (χ0n) is 9.45. The molecule has 0 radical (unpaired) electrons. The van der Waals surface area contributed by atoms with Crippen LogP contribution < -0.4 is 11.3 Å². The highest BCUT2D eigenvalue weighted by atomic mass is 16.1. The number of rotatable bonds is 1. The summed E-state index contributed by atoms with van der Waals surface area (Å²) >= 11 is 0. The lowest BCUT2D eigenvalue weighted by molar-refractivity contribution is 1.01. The summed E-state index contributed by atoms with van der Waals surface area (Å²) in [5.74, 6) is 0.151. The van der Waals surface area contributed by atoms with E-state index in [9.17, 15) is 4.79 Å². The van der Waals surface area contributed by atoms with Crippen LogP contribution in [-0.4, -0.2) is 14.5 Å². The minimum absolute atomic E-state index is 0.146. The van der Waals surface area contributed by atoms with E-state index in [2.05, 4.69) is 9.97 Å². The first-order valence-electron chi connectivity index (χ1n) is 5.45. The summed E-state index contributed by atoms with van der Waals surface area (Å²) in [7, 11) is 0. The molecule has 0 saturated heterocycles. The normalized spacial score (nSPS) is 10.7. The van der Waals surface area contributed by atoms with Crippen LogP contribution in [0, 0.1) is 0 Å². The van der Waals surface area contributed by atoms with Crippen LogP contribution in [0.5, 0.6) is 0 Å². The van der Waals surface area contributed by atoms with Gasteiger partial charge in [0.2, 0.25) is 5.95 Å². The molecule has 0 aliphatic heterocycles. The molecule has 5 nitrogen and oxygen atoms in total. The summed E-state index contributed by atoms with van der Waals surface area (Å²) in [6, 6.07) is 12.5. The number of hydrogen-bond donors (Lipinski definition) is 1. The van der Waals surface area contributed by atoms with E-state index in [4.69, 9.17) is 5.73 Å². The first-order valence-corrected chi connectivity index (χ1v) is 5.45. The van der Waals surface area contributed by atoms with E-state index in [0.717, 1.165) is 11.1 Å². The SMILES string of the molecule is Nc1ncc2ccc(=O)n(-c3ccccc3)c2n1. The average Bonchev–Trinajstić information content (AvgIpc) is 2.39. The fourth-order valence-corrected chi connectivity index (χ4v) is 1.86. The molecule has 0 saturated carbocycles. The predicted octanol–water partition coefficient (Wildman–Crippen LogP) is 1.36. The number of hydrogen-bond acceptors (Lipinski definition) is 4. The maximum Gasteiger partial charge on any atom is 0.256 e. The van der Waals surface area contributed by atoms with Crippen molar-refractivity contribution in [3.63, 3.8) is 0 Å². The van der Waals surface area contributed by atoms with Crippen molar-refractivity contribution >= 4 is 17.0 Å². The van der Waals surface area contributed by atoms with E-state index in [1.54, 1.807) is 12.3 Å². The fourth-order valence-electron chi connectivity index (χ4n) is 1.86. The van der Waals surface area contributed by atoms with Crippen LogP contribution in [-0.2, 0) is 0 Å². The van der Waals surface area contributed by atoms with Gasteiger partial charge in [0.05, 0.1) is 5.69 Å². The van der Waals surface area contributed by atoms with Crippen molar-refractivity contribution in [1.82, 2.24) is 14.5 Å². The number of nitrogen functional groups attached to an aromatic ring is 1. The predicted molar refractivity (Wildman–Crippen MR) is 69.5 cm³/mol. The van der Waals surface area contributed by atoms with Crippen molar-refractivity contribution in [2.75, 3.05) is 5.73 Å². The Morgan fingerprint density at radius 3 is 2.61 bits per heavy atom. The van der Waals surface area contributed by atoms with Gasteiger partial charge in [-0.05, 0) is 18.2 Å². The van der Waals surface area contributed by atoms with Crippen molar-refractivity contribution in [3.8, 4) is 5.69 Å². The molecule has 1 aromatic carbocycles. The molecule has 0 fully saturated rings. The lowest BCUT2D eigenvalue weighted by Gasteiger charge is -2.08. The number of nitrogens with two attached hydrogens (primary N) is 1. The number of benzene rings is 1. The Balaban J connectivity index is 2.44. The molecule has 2 aromatic heterocycles. The standard InChI is InChI=1S/C13H10N4O/c14-13-15-8-9-6-7-11(18)17(12(9)16-13)10-4-2-1-3-5-10/h1-8H,(H2,14,15,16). The van der Waals surface area contributed by atoms with E-state index in [0.29, 0.717) is 5.65 Å². The fraction of sp³-hybridized carbons (Fsp3) is 0. The number of fused-ring (bicyclic) bond motifs is 1. The topological polar surface area (TPSA) is 73.8 Å². The summed E-state index contributed by atoms with van der Waals surface area (Å²) in [5.41, 5.74) is 6.71. The van der Waals surface area contributed by atoms with E-state index in [1.165, 1.54) is 10.6 Å². The third-order valence-electron chi connectivity index (χ3n) is 2.67. The summed E-state index contributed by atoms with van der Waals surface area (Å²) in [4.78, 5) is 20.1. The molecule has 0 amide bonds. The number of para-hydroxylation sites is 1. The van der Waals surface area contributed by atoms with E-state index in [-0.39, 0.29) is 11.5 Å². The molecular weight excluding hydrogens is 228 g/mol. The molecule has 0 aliphatic carbocycles. The Morgan fingerprint density at radius 1 is 1.06 bits per heavy atom. The lowest BCUT2D eigenvalue weighted by atomic mass is 10.3. The summed E-state index contributed by atoms with van der Waals surface area (Å²) in [5, 5.41) is 0.771. The van der Waals surface area contributed by atoms with E-state index >= 15 is 0 Å². The summed E-state index contributed by atoms with van der Waals surface area (Å²) in [6.45, 7) is 0. The van der Waals surface area contributed by atoms with Gasteiger partial charge < -0.3 is 5.73 Å². The number of pyridine rings is 1. The van der Waals surface area contributed by atoms with Crippen molar-refractivity contribution in [2.45, 2.75) is 0 Å². The van der Waals surface area contributed by atoms with Gasteiger partial charge in [0.15, 0.2) is 5.65 Å². The molecule has 0 bridgehead atoms. The number of nitrogens with zero attached hydrogens (tertiary/aromatic N) is 3. The molecule has 2 heterocycles. The molecule has 0 unspecified atom stereocenters. The maximum atomic E-state index is 12.0. The van der Waals surface area contributed by atoms with E-state index < -0.39 is 0 Å². The van der Waals surface area contributed by atoms with Crippen LogP contribution in [0.1, 0.15) is 0 Å². The number of aromatic nitrogens is 3. The first-order chi connectivity index (χ1) is 8.75. The Morgan fingerprint density at radius 2 is 1.83 bits per heavy atom. The molecule has 5 heteroatoms. The smallest absolute Gasteiger partial charge is 0.256 e. The Labute approximate surface area is 103 Å². The lowest BCUT2D eigenvalue weighted by Crippen LogP contribution is -2.18. The first kappa shape index (κ1) is 10.5. The van der Waals surface area contributed by atoms with Gasteiger partial charge in [-0.15, -0.1) is 0 Å². The second-order valence-corrected chi connectivity index (χ2v) is 3.85. The third kappa shape index (κ3) is 1.62. The van der Waals surface area contributed by atoms with Crippen LogP contribution in [0.3, 0.4) is 0 Å². The van der Waals surface area contributed by atoms with Crippen LogP contribution in [0.4, 0.5) is 5.95 Å². The van der Waals surface area contributed by atoms with Gasteiger partial charge >= 0.3 is 0 Å². The van der Waals surface area contributed by atoms with Crippen LogP contribution in [0.15, 0.2) is 53.5 Å². The third-order valence-corrected chi connectivity index (χ3v) is 2.67. The van der Waals surface area contributed by atoms with Crippen molar-refractivity contribution in [2.24, 2.45) is 0 Å². The van der Waals surface area contributed by atoms with Crippen LogP contribution >= 0.6 is 0 Å². The highest BCUT2D eigenvalue weighted by Gasteiger charge is 2.07. The van der Waals surface area contributed by atoms with Gasteiger partial charge in [0, 0.05) is 17.6 Å². The highest BCUT2D eigenvalue weighted by molar-refractivity contribution is 5.76. The molecule has 18 heavy (non-hydrogen) atoms. The summed E-state index contributed by atoms with van der Waals surface area (Å²) < 4.78 is 1.52. The quantitative estimate of drug-likeness (QED) is 0.694. The Hall–Kier alpha value is -2.69. The Bertz CT molecular complexity index is 765. The Kier molecular flexibility index (Phi) is 2.30. The monoisotopic (exact) mass is 238 g/mol. The average molecular weight is 238 g/mol. The zero-order valence-corrected chi connectivity index (χ0v) is 9.45.